The van der Waals surface area contributed by atoms with Crippen molar-refractivity contribution in [1.29, 1.82) is 0 Å². The van der Waals surface area contributed by atoms with Crippen LogP contribution in [0.15, 0.2) is 6.07 Å². The number of thiophene rings is 1. The lowest BCUT2D eigenvalue weighted by atomic mass is 9.98. The highest BCUT2D eigenvalue weighted by Crippen LogP contribution is 2.23. The van der Waals surface area contributed by atoms with E-state index in [-0.39, 0.29) is 31.7 Å². The number of carbonyl (C=O) groups is 3. The van der Waals surface area contributed by atoms with Crippen LogP contribution in [-0.2, 0) is 14.3 Å². The number of aryl methyl sites for hydroxylation is 2. The van der Waals surface area contributed by atoms with Crippen molar-refractivity contribution in [3.8, 4) is 0 Å². The van der Waals surface area contributed by atoms with Crippen molar-refractivity contribution in [1.82, 2.24) is 5.32 Å². The molecule has 2 rings (SSSR count). The molecule has 1 saturated heterocycles. The number of amides is 1. The molecule has 2 N–H and O–H groups in total. The van der Waals surface area contributed by atoms with Gasteiger partial charge in [0.05, 0.1) is 6.61 Å². The second-order valence-electron chi connectivity index (χ2n) is 5.49. The number of ketones is 1. The molecule has 0 aromatic carbocycles. The molecule has 1 unspecified atom stereocenters. The number of carboxylic acids is 1. The Hall–Kier alpha value is -1.73. The van der Waals surface area contributed by atoms with Crippen molar-refractivity contribution < 1.29 is 24.2 Å². The number of Topliss-reactive ketones (excluding diaryl/α,β-unsaturated/α-hetero) is 1. The van der Waals surface area contributed by atoms with Gasteiger partial charge in [-0.2, -0.15) is 0 Å². The van der Waals surface area contributed by atoms with Gasteiger partial charge in [-0.1, -0.05) is 0 Å². The number of carbonyl (C=O) groups excluding carboxylic acids is 2. The third-order valence-electron chi connectivity index (χ3n) is 3.73. The Kier molecular flexibility index (Phi) is 4.97. The van der Waals surface area contributed by atoms with E-state index >= 15 is 0 Å². The van der Waals surface area contributed by atoms with Crippen molar-refractivity contribution in [2.75, 3.05) is 13.2 Å². The average molecular weight is 325 g/mol. The first-order valence-corrected chi connectivity index (χ1v) is 7.88. The number of carboxylic acid groups (broad SMARTS) is 1. The molecule has 0 saturated carbocycles. The predicted octanol–water partition coefficient (Wildman–Crippen LogP) is 1.69. The van der Waals surface area contributed by atoms with E-state index in [0.29, 0.717) is 12.2 Å². The lowest BCUT2D eigenvalue weighted by Gasteiger charge is -2.23. The highest BCUT2D eigenvalue weighted by Gasteiger charge is 2.43. The first kappa shape index (κ1) is 16.6. The maximum absolute atomic E-state index is 12.1. The molecular formula is C15H19NO5S. The summed E-state index contributed by atoms with van der Waals surface area (Å²) in [6.07, 6.45) is 0.284. The first-order chi connectivity index (χ1) is 10.3. The second-order valence-corrected chi connectivity index (χ2v) is 6.95. The summed E-state index contributed by atoms with van der Waals surface area (Å²) >= 11 is 1.55. The molecule has 22 heavy (non-hydrogen) atoms. The molecule has 1 atom stereocenters. The van der Waals surface area contributed by atoms with Gasteiger partial charge >= 0.3 is 5.97 Å². The van der Waals surface area contributed by atoms with Gasteiger partial charge in [-0.15, -0.1) is 11.3 Å². The maximum atomic E-state index is 12.1. The standard InChI is InChI=1S/C15H19NO5S/c1-9-7-11(10(2)22-9)12(17)3-4-13(18)16-15(14(19)20)5-6-21-8-15/h7H,3-6,8H2,1-2H3,(H,16,18)(H,19,20). The normalized spacial score (nSPS) is 20.8. The third-order valence-corrected chi connectivity index (χ3v) is 4.70. The van der Waals surface area contributed by atoms with Crippen LogP contribution in [0, 0.1) is 13.8 Å². The molecule has 2 heterocycles. The fourth-order valence-electron chi connectivity index (χ4n) is 2.48. The summed E-state index contributed by atoms with van der Waals surface area (Å²) in [6, 6.07) is 1.82. The molecule has 1 aromatic rings. The van der Waals surface area contributed by atoms with Gasteiger partial charge in [0.2, 0.25) is 5.91 Å². The van der Waals surface area contributed by atoms with Gasteiger partial charge in [0, 0.05) is 41.2 Å². The van der Waals surface area contributed by atoms with Crippen LogP contribution in [0.4, 0.5) is 0 Å². The van der Waals surface area contributed by atoms with Crippen molar-refractivity contribution >= 4 is 29.0 Å². The summed E-state index contributed by atoms with van der Waals surface area (Å²) in [5.74, 6) is -1.64. The SMILES string of the molecule is Cc1cc(C(=O)CCC(=O)NC2(C(=O)O)CCOC2)c(C)s1. The molecule has 0 spiro atoms. The molecule has 1 aromatic heterocycles. The Morgan fingerprint density at radius 2 is 2.09 bits per heavy atom. The van der Waals surface area contributed by atoms with Crippen molar-refractivity contribution in [3.63, 3.8) is 0 Å². The summed E-state index contributed by atoms with van der Waals surface area (Å²) in [5.41, 5.74) is -0.706. The molecule has 6 nitrogen and oxygen atoms in total. The Bertz CT molecular complexity index is 601. The Balaban J connectivity index is 1.91. The summed E-state index contributed by atoms with van der Waals surface area (Å²) in [5, 5.41) is 11.8. The van der Waals surface area contributed by atoms with Crippen molar-refractivity contribution in [2.24, 2.45) is 0 Å². The Morgan fingerprint density at radius 3 is 2.59 bits per heavy atom. The fraction of sp³-hybridized carbons (Fsp3) is 0.533. The molecule has 0 bridgehead atoms. The smallest absolute Gasteiger partial charge is 0.331 e. The molecular weight excluding hydrogens is 306 g/mol. The Labute approximate surface area is 132 Å². The predicted molar refractivity (Wildman–Crippen MR) is 81.3 cm³/mol. The molecule has 1 amide bonds. The largest absolute Gasteiger partial charge is 0.479 e. The molecule has 1 aliphatic heterocycles. The average Bonchev–Trinajstić information content (AvgIpc) is 3.03. The molecule has 0 radical (unpaired) electrons. The summed E-state index contributed by atoms with van der Waals surface area (Å²) in [6.45, 7) is 4.07. The number of hydrogen-bond acceptors (Lipinski definition) is 5. The number of nitrogens with one attached hydrogen (secondary N) is 1. The zero-order valence-corrected chi connectivity index (χ0v) is 13.4. The van der Waals surface area contributed by atoms with Crippen LogP contribution in [0.25, 0.3) is 0 Å². The monoisotopic (exact) mass is 325 g/mol. The summed E-state index contributed by atoms with van der Waals surface area (Å²) < 4.78 is 5.07. The van der Waals surface area contributed by atoms with Gasteiger partial charge in [0.15, 0.2) is 11.3 Å². The van der Waals surface area contributed by atoms with E-state index in [1.807, 2.05) is 19.9 Å². The topological polar surface area (TPSA) is 92.7 Å². The molecule has 0 aliphatic carbocycles. The second kappa shape index (κ2) is 6.58. The van der Waals surface area contributed by atoms with Gasteiger partial charge in [-0.25, -0.2) is 4.79 Å². The fourth-order valence-corrected chi connectivity index (χ4v) is 3.43. The molecule has 1 aliphatic rings. The molecule has 1 fully saturated rings. The number of aliphatic carboxylic acids is 1. The number of rotatable bonds is 6. The lowest BCUT2D eigenvalue weighted by Crippen LogP contribution is -2.55. The lowest BCUT2D eigenvalue weighted by molar-refractivity contribution is -0.147. The number of hydrogen-bond donors (Lipinski definition) is 2. The Morgan fingerprint density at radius 1 is 1.36 bits per heavy atom. The van der Waals surface area contributed by atoms with E-state index in [1.165, 1.54) is 0 Å². The van der Waals surface area contributed by atoms with Crippen LogP contribution >= 0.6 is 11.3 Å². The van der Waals surface area contributed by atoms with Crippen LogP contribution in [0.1, 0.15) is 39.4 Å². The van der Waals surface area contributed by atoms with Crippen molar-refractivity contribution in [3.05, 3.63) is 21.4 Å². The highest BCUT2D eigenvalue weighted by molar-refractivity contribution is 7.12. The van der Waals surface area contributed by atoms with E-state index in [4.69, 9.17) is 4.74 Å². The van der Waals surface area contributed by atoms with E-state index in [9.17, 15) is 19.5 Å². The minimum absolute atomic E-state index is 0.0256. The van der Waals surface area contributed by atoms with Gasteiger partial charge in [-0.3, -0.25) is 9.59 Å². The van der Waals surface area contributed by atoms with Crippen LogP contribution in [0.3, 0.4) is 0 Å². The zero-order valence-electron chi connectivity index (χ0n) is 12.6. The van der Waals surface area contributed by atoms with Crippen LogP contribution in [-0.4, -0.2) is 41.5 Å². The van der Waals surface area contributed by atoms with Crippen LogP contribution in [0.5, 0.6) is 0 Å². The van der Waals surface area contributed by atoms with Gasteiger partial charge < -0.3 is 15.2 Å². The van der Waals surface area contributed by atoms with E-state index < -0.39 is 17.4 Å². The minimum Gasteiger partial charge on any atom is -0.479 e. The van der Waals surface area contributed by atoms with Gasteiger partial charge in [0.25, 0.3) is 0 Å². The van der Waals surface area contributed by atoms with Crippen LogP contribution < -0.4 is 5.32 Å². The minimum atomic E-state index is -1.35. The summed E-state index contributed by atoms with van der Waals surface area (Å²) in [7, 11) is 0. The zero-order chi connectivity index (χ0) is 16.3. The molecule has 7 heteroatoms. The quantitative estimate of drug-likeness (QED) is 0.776. The highest BCUT2D eigenvalue weighted by atomic mass is 32.1. The van der Waals surface area contributed by atoms with Crippen molar-refractivity contribution in [2.45, 2.75) is 38.6 Å². The maximum Gasteiger partial charge on any atom is 0.331 e. The third kappa shape index (κ3) is 3.53. The van der Waals surface area contributed by atoms with E-state index in [0.717, 1.165) is 9.75 Å². The van der Waals surface area contributed by atoms with E-state index in [1.54, 1.807) is 11.3 Å². The van der Waals surface area contributed by atoms with Gasteiger partial charge in [0.1, 0.15) is 0 Å². The van der Waals surface area contributed by atoms with Crippen LogP contribution in [0.2, 0.25) is 0 Å². The number of ether oxygens (including phenoxy) is 1. The van der Waals surface area contributed by atoms with E-state index in [2.05, 4.69) is 5.32 Å². The first-order valence-electron chi connectivity index (χ1n) is 7.06. The molecule has 120 valence electrons. The summed E-state index contributed by atoms with van der Waals surface area (Å²) in [4.78, 5) is 37.4. The van der Waals surface area contributed by atoms with Gasteiger partial charge in [-0.05, 0) is 19.9 Å².